The SMILES string of the molecule is NC(CCO)c1cnc2ccc(C(F)(F)F)cn12. The van der Waals surface area contributed by atoms with E-state index in [-0.39, 0.29) is 13.0 Å². The molecule has 0 radical (unpaired) electrons. The van der Waals surface area contributed by atoms with Gasteiger partial charge in [-0.25, -0.2) is 4.98 Å². The molecule has 0 aromatic carbocycles. The number of imidazole rings is 1. The average Bonchev–Trinajstić information content (AvgIpc) is 2.70. The molecule has 2 aromatic heterocycles. The van der Waals surface area contributed by atoms with Gasteiger partial charge in [0.15, 0.2) is 0 Å². The van der Waals surface area contributed by atoms with Gasteiger partial charge in [0.25, 0.3) is 0 Å². The normalized spacial score (nSPS) is 14.1. The van der Waals surface area contributed by atoms with E-state index in [1.54, 1.807) is 0 Å². The van der Waals surface area contributed by atoms with E-state index < -0.39 is 17.8 Å². The highest BCUT2D eigenvalue weighted by molar-refractivity contribution is 5.43. The number of pyridine rings is 1. The molecule has 0 saturated heterocycles. The first-order chi connectivity index (χ1) is 8.43. The lowest BCUT2D eigenvalue weighted by Crippen LogP contribution is -2.15. The average molecular weight is 259 g/mol. The second-order valence-corrected chi connectivity index (χ2v) is 3.95. The number of hydrogen-bond donors (Lipinski definition) is 2. The summed E-state index contributed by atoms with van der Waals surface area (Å²) < 4.78 is 39.1. The van der Waals surface area contributed by atoms with Gasteiger partial charge in [-0.3, -0.25) is 0 Å². The lowest BCUT2D eigenvalue weighted by molar-refractivity contribution is -0.137. The van der Waals surface area contributed by atoms with Crippen molar-refractivity contribution in [3.8, 4) is 0 Å². The number of rotatable bonds is 3. The zero-order valence-corrected chi connectivity index (χ0v) is 9.35. The van der Waals surface area contributed by atoms with E-state index in [1.165, 1.54) is 16.7 Å². The summed E-state index contributed by atoms with van der Waals surface area (Å²) in [6.45, 7) is -0.132. The minimum Gasteiger partial charge on any atom is -0.396 e. The van der Waals surface area contributed by atoms with Crippen molar-refractivity contribution in [3.63, 3.8) is 0 Å². The van der Waals surface area contributed by atoms with Crippen LogP contribution in [0.1, 0.15) is 23.7 Å². The largest absolute Gasteiger partial charge is 0.417 e. The van der Waals surface area contributed by atoms with Crippen LogP contribution in [0.5, 0.6) is 0 Å². The van der Waals surface area contributed by atoms with Crippen LogP contribution >= 0.6 is 0 Å². The molecule has 0 aliphatic rings. The molecule has 2 aromatic rings. The predicted molar refractivity (Wildman–Crippen MR) is 58.8 cm³/mol. The van der Waals surface area contributed by atoms with E-state index in [9.17, 15) is 13.2 Å². The van der Waals surface area contributed by atoms with Crippen molar-refractivity contribution in [2.45, 2.75) is 18.6 Å². The lowest BCUT2D eigenvalue weighted by atomic mass is 10.1. The van der Waals surface area contributed by atoms with Gasteiger partial charge in [0.05, 0.1) is 17.5 Å². The van der Waals surface area contributed by atoms with Crippen LogP contribution in [0.2, 0.25) is 0 Å². The first-order valence-electron chi connectivity index (χ1n) is 5.34. The molecule has 3 N–H and O–H groups in total. The van der Waals surface area contributed by atoms with Crippen molar-refractivity contribution in [2.75, 3.05) is 6.61 Å². The fraction of sp³-hybridized carbons (Fsp3) is 0.364. The van der Waals surface area contributed by atoms with Gasteiger partial charge in [0.1, 0.15) is 5.65 Å². The number of aromatic nitrogens is 2. The van der Waals surface area contributed by atoms with Crippen LogP contribution in [0.4, 0.5) is 13.2 Å². The number of alkyl halides is 3. The van der Waals surface area contributed by atoms with Crippen LogP contribution < -0.4 is 5.73 Å². The Morgan fingerprint density at radius 3 is 2.72 bits per heavy atom. The minimum atomic E-state index is -4.41. The third kappa shape index (κ3) is 2.32. The number of aliphatic hydroxyl groups is 1. The molecule has 0 spiro atoms. The van der Waals surface area contributed by atoms with Crippen LogP contribution in [0, 0.1) is 0 Å². The number of fused-ring (bicyclic) bond motifs is 1. The van der Waals surface area contributed by atoms with Crippen molar-refractivity contribution in [1.82, 2.24) is 9.38 Å². The van der Waals surface area contributed by atoms with Crippen molar-refractivity contribution in [2.24, 2.45) is 5.73 Å². The van der Waals surface area contributed by atoms with Gasteiger partial charge >= 0.3 is 6.18 Å². The van der Waals surface area contributed by atoms with Gasteiger partial charge in [-0.1, -0.05) is 0 Å². The molecule has 0 bridgehead atoms. The van der Waals surface area contributed by atoms with Crippen molar-refractivity contribution >= 4 is 5.65 Å². The summed E-state index contributed by atoms with van der Waals surface area (Å²) in [7, 11) is 0. The van der Waals surface area contributed by atoms with Crippen molar-refractivity contribution in [1.29, 1.82) is 0 Å². The van der Waals surface area contributed by atoms with E-state index in [1.807, 2.05) is 0 Å². The Balaban J connectivity index is 2.50. The van der Waals surface area contributed by atoms with Gasteiger partial charge in [0, 0.05) is 18.8 Å². The smallest absolute Gasteiger partial charge is 0.396 e. The maximum Gasteiger partial charge on any atom is 0.417 e. The summed E-state index contributed by atoms with van der Waals surface area (Å²) in [4.78, 5) is 3.98. The molecule has 7 heteroatoms. The maximum atomic E-state index is 12.6. The third-order valence-electron chi connectivity index (χ3n) is 2.68. The molecular formula is C11H12F3N3O. The zero-order chi connectivity index (χ0) is 13.3. The molecule has 18 heavy (non-hydrogen) atoms. The monoisotopic (exact) mass is 259 g/mol. The quantitative estimate of drug-likeness (QED) is 0.882. The summed E-state index contributed by atoms with van der Waals surface area (Å²) in [5, 5.41) is 8.80. The van der Waals surface area contributed by atoms with Crippen LogP contribution in [-0.2, 0) is 6.18 Å². The highest BCUT2D eigenvalue weighted by atomic mass is 19.4. The molecular weight excluding hydrogens is 247 g/mol. The van der Waals surface area contributed by atoms with Gasteiger partial charge in [-0.15, -0.1) is 0 Å². The van der Waals surface area contributed by atoms with E-state index in [0.29, 0.717) is 11.3 Å². The van der Waals surface area contributed by atoms with Gasteiger partial charge in [-0.2, -0.15) is 13.2 Å². The second kappa shape index (κ2) is 4.58. The molecule has 0 aliphatic heterocycles. The van der Waals surface area contributed by atoms with Crippen LogP contribution in [0.25, 0.3) is 5.65 Å². The Morgan fingerprint density at radius 2 is 2.11 bits per heavy atom. The summed E-state index contributed by atoms with van der Waals surface area (Å²) in [6, 6.07) is 1.72. The van der Waals surface area contributed by atoms with E-state index in [2.05, 4.69) is 4.98 Å². The van der Waals surface area contributed by atoms with Crippen LogP contribution in [0.15, 0.2) is 24.5 Å². The van der Waals surface area contributed by atoms with Crippen molar-refractivity contribution < 1.29 is 18.3 Å². The van der Waals surface area contributed by atoms with Gasteiger partial charge in [0.2, 0.25) is 0 Å². The molecule has 0 amide bonds. The Kier molecular flexibility index (Phi) is 3.27. The first kappa shape index (κ1) is 12.8. The third-order valence-corrected chi connectivity index (χ3v) is 2.68. The van der Waals surface area contributed by atoms with Crippen LogP contribution in [0.3, 0.4) is 0 Å². The molecule has 2 rings (SSSR count). The number of nitrogens with two attached hydrogens (primary N) is 1. The highest BCUT2D eigenvalue weighted by Gasteiger charge is 2.31. The molecule has 0 fully saturated rings. The van der Waals surface area contributed by atoms with Gasteiger partial charge < -0.3 is 15.2 Å². The topological polar surface area (TPSA) is 63.5 Å². The number of aliphatic hydroxyl groups excluding tert-OH is 1. The first-order valence-corrected chi connectivity index (χ1v) is 5.34. The Labute approximate surface area is 101 Å². The van der Waals surface area contributed by atoms with E-state index >= 15 is 0 Å². The fourth-order valence-electron chi connectivity index (χ4n) is 1.73. The number of nitrogens with zero attached hydrogens (tertiary/aromatic N) is 2. The summed E-state index contributed by atoms with van der Waals surface area (Å²) in [6.07, 6.45) is -1.74. The van der Waals surface area contributed by atoms with Gasteiger partial charge in [-0.05, 0) is 18.6 Å². The summed E-state index contributed by atoms with van der Waals surface area (Å²) in [5.74, 6) is 0. The van der Waals surface area contributed by atoms with E-state index in [0.717, 1.165) is 12.3 Å². The molecule has 2 heterocycles. The molecule has 0 aliphatic carbocycles. The highest BCUT2D eigenvalue weighted by Crippen LogP contribution is 2.30. The van der Waals surface area contributed by atoms with Crippen molar-refractivity contribution in [3.05, 3.63) is 35.8 Å². The molecule has 4 nitrogen and oxygen atoms in total. The molecule has 1 atom stereocenters. The minimum absolute atomic E-state index is 0.132. The Morgan fingerprint density at radius 1 is 1.39 bits per heavy atom. The summed E-state index contributed by atoms with van der Waals surface area (Å²) in [5.41, 5.74) is 5.86. The second-order valence-electron chi connectivity index (χ2n) is 3.95. The predicted octanol–water partition coefficient (Wildman–Crippen LogP) is 1.74. The Hall–Kier alpha value is -1.60. The standard InChI is InChI=1S/C11H12F3N3O/c12-11(13,14)7-1-2-10-16-5-9(17(10)6-7)8(15)3-4-18/h1-2,5-6,8,18H,3-4,15H2. The summed E-state index contributed by atoms with van der Waals surface area (Å²) >= 11 is 0. The maximum absolute atomic E-state index is 12.6. The molecule has 98 valence electrons. The fourth-order valence-corrected chi connectivity index (χ4v) is 1.73. The number of halogens is 3. The Bertz CT molecular complexity index is 550. The lowest BCUT2D eigenvalue weighted by Gasteiger charge is -2.11. The van der Waals surface area contributed by atoms with E-state index in [4.69, 9.17) is 10.8 Å². The molecule has 0 saturated carbocycles. The van der Waals surface area contributed by atoms with Crippen LogP contribution in [-0.4, -0.2) is 21.1 Å². The number of hydrogen-bond acceptors (Lipinski definition) is 3. The zero-order valence-electron chi connectivity index (χ0n) is 9.35. The molecule has 1 unspecified atom stereocenters.